The molecular weight excluding hydrogens is 180 g/mol. The molecule has 4 heteroatoms. The Kier molecular flexibility index (Phi) is 4.07. The number of likely N-dealkylation sites (tertiary alicyclic amines) is 1. The van der Waals surface area contributed by atoms with Crippen molar-refractivity contribution in [3.63, 3.8) is 0 Å². The fourth-order valence-electron chi connectivity index (χ4n) is 1.64. The molecule has 1 aliphatic heterocycles. The number of likely N-dealkylation sites (N-methyl/N-ethyl adjacent to an activating group) is 1. The van der Waals surface area contributed by atoms with E-state index in [1.807, 2.05) is 0 Å². The molecule has 0 aromatic carbocycles. The maximum absolute atomic E-state index is 11.3. The predicted molar refractivity (Wildman–Crippen MR) is 54.0 cm³/mol. The first kappa shape index (κ1) is 11.2. The quantitative estimate of drug-likeness (QED) is 0.590. The molecule has 0 radical (unpaired) electrons. The van der Waals surface area contributed by atoms with Crippen LogP contribution in [0.15, 0.2) is 0 Å². The van der Waals surface area contributed by atoms with E-state index in [0.717, 1.165) is 19.6 Å². The predicted octanol–water partition coefficient (Wildman–Crippen LogP) is 0.130. The van der Waals surface area contributed by atoms with Crippen molar-refractivity contribution in [2.24, 2.45) is 0 Å². The highest BCUT2D eigenvalue weighted by molar-refractivity contribution is 6.05. The Morgan fingerprint density at radius 3 is 2.36 bits per heavy atom. The molecule has 0 saturated carbocycles. The van der Waals surface area contributed by atoms with Gasteiger partial charge in [-0.1, -0.05) is 13.8 Å². The van der Waals surface area contributed by atoms with Crippen LogP contribution in [0.4, 0.5) is 0 Å². The molecule has 1 amide bonds. The van der Waals surface area contributed by atoms with Gasteiger partial charge in [-0.3, -0.25) is 9.59 Å². The van der Waals surface area contributed by atoms with Gasteiger partial charge in [0.15, 0.2) is 5.78 Å². The van der Waals surface area contributed by atoms with E-state index in [1.54, 1.807) is 4.90 Å². The van der Waals surface area contributed by atoms with Gasteiger partial charge in [-0.15, -0.1) is 0 Å². The highest BCUT2D eigenvalue weighted by Crippen LogP contribution is 2.05. The van der Waals surface area contributed by atoms with Crippen molar-refractivity contribution in [3.05, 3.63) is 0 Å². The zero-order valence-electron chi connectivity index (χ0n) is 8.95. The van der Waals surface area contributed by atoms with Gasteiger partial charge in [0.1, 0.15) is 0 Å². The molecule has 0 atom stereocenters. The highest BCUT2D eigenvalue weighted by Gasteiger charge is 2.26. The lowest BCUT2D eigenvalue weighted by molar-refractivity contribution is -0.128. The molecule has 0 aromatic rings. The van der Waals surface area contributed by atoms with E-state index in [4.69, 9.17) is 0 Å². The first-order valence-electron chi connectivity index (χ1n) is 5.19. The molecule has 0 aliphatic carbocycles. The Morgan fingerprint density at radius 1 is 1.29 bits per heavy atom. The normalized spacial score (nSPS) is 17.2. The Labute approximate surface area is 84.9 Å². The van der Waals surface area contributed by atoms with Crippen molar-refractivity contribution in [2.75, 3.05) is 32.7 Å². The van der Waals surface area contributed by atoms with Crippen LogP contribution >= 0.6 is 0 Å². The second-order valence-corrected chi connectivity index (χ2v) is 3.56. The van der Waals surface area contributed by atoms with Crippen LogP contribution in [0, 0.1) is 0 Å². The minimum absolute atomic E-state index is 0.0119. The summed E-state index contributed by atoms with van der Waals surface area (Å²) in [7, 11) is 0. The second-order valence-electron chi connectivity index (χ2n) is 3.56. The number of rotatable bonds is 5. The van der Waals surface area contributed by atoms with Gasteiger partial charge in [-0.25, -0.2) is 0 Å². The molecule has 0 bridgehead atoms. The lowest BCUT2D eigenvalue weighted by atomic mass is 10.3. The molecule has 4 nitrogen and oxygen atoms in total. The van der Waals surface area contributed by atoms with E-state index < -0.39 is 0 Å². The summed E-state index contributed by atoms with van der Waals surface area (Å²) in [5.74, 6) is 0.0386. The first-order chi connectivity index (χ1) is 6.67. The molecule has 1 rings (SSSR count). The van der Waals surface area contributed by atoms with Gasteiger partial charge in [0.05, 0.1) is 13.0 Å². The number of carbonyl (C=O) groups is 2. The van der Waals surface area contributed by atoms with Gasteiger partial charge in [0, 0.05) is 13.1 Å². The van der Waals surface area contributed by atoms with Crippen LogP contribution in [0.1, 0.15) is 20.3 Å². The third kappa shape index (κ3) is 2.80. The van der Waals surface area contributed by atoms with Gasteiger partial charge in [0.2, 0.25) is 5.91 Å². The smallest absolute Gasteiger partial charge is 0.230 e. The van der Waals surface area contributed by atoms with Gasteiger partial charge in [-0.05, 0) is 13.1 Å². The Balaban J connectivity index is 2.31. The lowest BCUT2D eigenvalue weighted by Gasteiger charge is -2.22. The minimum atomic E-state index is -0.0119. The summed E-state index contributed by atoms with van der Waals surface area (Å²) in [5, 5.41) is 0. The molecule has 1 saturated heterocycles. The highest BCUT2D eigenvalue weighted by atomic mass is 16.2. The molecule has 1 aliphatic rings. The molecule has 1 heterocycles. The third-order valence-electron chi connectivity index (χ3n) is 2.65. The minimum Gasteiger partial charge on any atom is -0.334 e. The van der Waals surface area contributed by atoms with Crippen LogP contribution < -0.4 is 0 Å². The van der Waals surface area contributed by atoms with E-state index in [-0.39, 0.29) is 18.1 Å². The summed E-state index contributed by atoms with van der Waals surface area (Å²) in [4.78, 5) is 26.1. The maximum Gasteiger partial charge on any atom is 0.230 e. The second kappa shape index (κ2) is 5.10. The molecule has 0 aromatic heterocycles. The van der Waals surface area contributed by atoms with Crippen LogP contribution in [0.3, 0.4) is 0 Å². The Bertz CT molecular complexity index is 224. The van der Waals surface area contributed by atoms with Crippen LogP contribution in [-0.2, 0) is 9.59 Å². The zero-order valence-corrected chi connectivity index (χ0v) is 8.95. The summed E-state index contributed by atoms with van der Waals surface area (Å²) < 4.78 is 0. The fourth-order valence-corrected chi connectivity index (χ4v) is 1.64. The number of nitrogens with zero attached hydrogens (tertiary/aromatic N) is 2. The molecule has 0 unspecified atom stereocenters. The van der Waals surface area contributed by atoms with E-state index in [2.05, 4.69) is 18.7 Å². The topological polar surface area (TPSA) is 40.6 Å². The summed E-state index contributed by atoms with van der Waals surface area (Å²) in [6.45, 7) is 8.05. The van der Waals surface area contributed by atoms with Crippen molar-refractivity contribution < 1.29 is 9.59 Å². The van der Waals surface area contributed by atoms with Crippen molar-refractivity contribution in [3.8, 4) is 0 Å². The average molecular weight is 198 g/mol. The number of amides is 1. The van der Waals surface area contributed by atoms with Crippen LogP contribution in [0.25, 0.3) is 0 Å². The lowest BCUT2D eigenvalue weighted by Crippen LogP contribution is -2.35. The number of ketones is 1. The van der Waals surface area contributed by atoms with Crippen molar-refractivity contribution in [2.45, 2.75) is 20.3 Å². The monoisotopic (exact) mass is 198 g/mol. The van der Waals surface area contributed by atoms with Crippen molar-refractivity contribution in [1.82, 2.24) is 9.80 Å². The van der Waals surface area contributed by atoms with Crippen LogP contribution in [0.2, 0.25) is 0 Å². The SMILES string of the molecule is CCN(CC)CCN1CC(=O)CC1=O. The van der Waals surface area contributed by atoms with Gasteiger partial charge >= 0.3 is 0 Å². The first-order valence-corrected chi connectivity index (χ1v) is 5.19. The van der Waals surface area contributed by atoms with E-state index >= 15 is 0 Å². The maximum atomic E-state index is 11.3. The molecule has 14 heavy (non-hydrogen) atoms. The Morgan fingerprint density at radius 2 is 1.93 bits per heavy atom. The number of Topliss-reactive ketones (excluding diaryl/α,β-unsaturated/α-hetero) is 1. The van der Waals surface area contributed by atoms with Gasteiger partial charge < -0.3 is 9.80 Å². The van der Waals surface area contributed by atoms with E-state index in [1.165, 1.54) is 0 Å². The summed E-state index contributed by atoms with van der Waals surface area (Å²) >= 11 is 0. The average Bonchev–Trinajstić information content (AvgIpc) is 2.47. The van der Waals surface area contributed by atoms with Crippen molar-refractivity contribution in [1.29, 1.82) is 0 Å². The standard InChI is InChI=1S/C10H18N2O2/c1-3-11(4-2)5-6-12-8-9(13)7-10(12)14/h3-8H2,1-2H3. The van der Waals surface area contributed by atoms with E-state index in [9.17, 15) is 9.59 Å². The molecule has 1 fully saturated rings. The molecule has 0 N–H and O–H groups in total. The van der Waals surface area contributed by atoms with Crippen LogP contribution in [0.5, 0.6) is 0 Å². The summed E-state index contributed by atoms with van der Waals surface area (Å²) in [6.07, 6.45) is 0.109. The number of hydrogen-bond acceptors (Lipinski definition) is 3. The Hall–Kier alpha value is -0.900. The summed E-state index contributed by atoms with van der Waals surface area (Å²) in [6, 6.07) is 0. The summed E-state index contributed by atoms with van der Waals surface area (Å²) in [5.41, 5.74) is 0. The van der Waals surface area contributed by atoms with E-state index in [0.29, 0.717) is 13.1 Å². The molecular formula is C10H18N2O2. The largest absolute Gasteiger partial charge is 0.334 e. The molecule has 80 valence electrons. The van der Waals surface area contributed by atoms with Gasteiger partial charge in [-0.2, -0.15) is 0 Å². The fraction of sp³-hybridized carbons (Fsp3) is 0.800. The van der Waals surface area contributed by atoms with Gasteiger partial charge in [0.25, 0.3) is 0 Å². The van der Waals surface area contributed by atoms with Crippen molar-refractivity contribution >= 4 is 11.7 Å². The third-order valence-corrected chi connectivity index (χ3v) is 2.65. The zero-order chi connectivity index (χ0) is 10.6. The number of hydrogen-bond donors (Lipinski definition) is 0. The van der Waals surface area contributed by atoms with Crippen LogP contribution in [-0.4, -0.2) is 54.2 Å². The molecule has 0 spiro atoms. The number of carbonyl (C=O) groups excluding carboxylic acids is 2.